The van der Waals surface area contributed by atoms with E-state index in [1.54, 1.807) is 7.11 Å². The molecule has 21 heavy (non-hydrogen) atoms. The molecule has 0 aliphatic heterocycles. The Morgan fingerprint density at radius 2 is 1.48 bits per heavy atom. The van der Waals surface area contributed by atoms with Gasteiger partial charge in [0.15, 0.2) is 0 Å². The Morgan fingerprint density at radius 3 is 1.90 bits per heavy atom. The van der Waals surface area contributed by atoms with E-state index in [-0.39, 0.29) is 17.9 Å². The predicted octanol–water partition coefficient (Wildman–Crippen LogP) is 2.97. The van der Waals surface area contributed by atoms with Crippen molar-refractivity contribution in [1.29, 1.82) is 0 Å². The van der Waals surface area contributed by atoms with Gasteiger partial charge in [0.1, 0.15) is 0 Å². The van der Waals surface area contributed by atoms with Crippen LogP contribution in [0.5, 0.6) is 0 Å². The zero-order chi connectivity index (χ0) is 15.1. The molecule has 1 atom stereocenters. The Hall–Kier alpha value is -2.13. The summed E-state index contributed by atoms with van der Waals surface area (Å²) in [5.41, 5.74) is 1.98. The second-order valence-electron chi connectivity index (χ2n) is 5.12. The molecule has 2 aromatic rings. The number of ether oxygens (including phenoxy) is 1. The zero-order valence-electron chi connectivity index (χ0n) is 12.5. The van der Waals surface area contributed by atoms with Crippen LogP contribution in [0.3, 0.4) is 0 Å². The normalized spacial score (nSPS) is 12.1. The van der Waals surface area contributed by atoms with Gasteiger partial charge in [0.25, 0.3) is 0 Å². The molecule has 2 aromatic carbocycles. The van der Waals surface area contributed by atoms with Crippen LogP contribution < -0.4 is 5.32 Å². The maximum atomic E-state index is 12.7. The molecule has 1 N–H and O–H groups in total. The van der Waals surface area contributed by atoms with E-state index in [2.05, 4.69) is 5.32 Å². The second-order valence-corrected chi connectivity index (χ2v) is 5.12. The molecule has 1 amide bonds. The van der Waals surface area contributed by atoms with Crippen LogP contribution in [-0.2, 0) is 9.53 Å². The maximum absolute atomic E-state index is 12.7. The molecule has 2 rings (SSSR count). The topological polar surface area (TPSA) is 38.3 Å². The van der Waals surface area contributed by atoms with E-state index < -0.39 is 0 Å². The highest BCUT2D eigenvalue weighted by atomic mass is 16.5. The Morgan fingerprint density at radius 1 is 1.00 bits per heavy atom. The van der Waals surface area contributed by atoms with Crippen molar-refractivity contribution in [1.82, 2.24) is 5.32 Å². The van der Waals surface area contributed by atoms with Gasteiger partial charge in [-0.15, -0.1) is 0 Å². The fourth-order valence-corrected chi connectivity index (χ4v) is 2.40. The van der Waals surface area contributed by atoms with Crippen molar-refractivity contribution in [2.45, 2.75) is 18.9 Å². The molecule has 3 heteroatoms. The van der Waals surface area contributed by atoms with Gasteiger partial charge in [-0.05, 0) is 18.1 Å². The van der Waals surface area contributed by atoms with Gasteiger partial charge in [-0.3, -0.25) is 4.79 Å². The van der Waals surface area contributed by atoms with E-state index >= 15 is 0 Å². The van der Waals surface area contributed by atoms with Crippen molar-refractivity contribution < 1.29 is 9.53 Å². The predicted molar refractivity (Wildman–Crippen MR) is 84.2 cm³/mol. The van der Waals surface area contributed by atoms with Crippen LogP contribution in [-0.4, -0.2) is 25.7 Å². The number of carbonyl (C=O) groups excluding carboxylic acids is 1. The van der Waals surface area contributed by atoms with Crippen molar-refractivity contribution in [3.05, 3.63) is 71.8 Å². The van der Waals surface area contributed by atoms with E-state index in [9.17, 15) is 4.79 Å². The minimum Gasteiger partial charge on any atom is -0.383 e. The number of hydrogen-bond acceptors (Lipinski definition) is 2. The highest BCUT2D eigenvalue weighted by Crippen LogP contribution is 2.24. The van der Waals surface area contributed by atoms with E-state index in [0.29, 0.717) is 6.61 Å². The minimum absolute atomic E-state index is 0.00282. The van der Waals surface area contributed by atoms with Crippen LogP contribution in [0.1, 0.15) is 24.0 Å². The summed E-state index contributed by atoms with van der Waals surface area (Å²) in [7, 11) is 1.63. The van der Waals surface area contributed by atoms with Crippen LogP contribution in [0.4, 0.5) is 0 Å². The third-order valence-corrected chi connectivity index (χ3v) is 3.33. The van der Waals surface area contributed by atoms with Gasteiger partial charge < -0.3 is 10.1 Å². The van der Waals surface area contributed by atoms with Crippen LogP contribution in [0, 0.1) is 0 Å². The number of amides is 1. The first-order valence-electron chi connectivity index (χ1n) is 7.11. The first kappa shape index (κ1) is 15.3. The lowest BCUT2D eigenvalue weighted by molar-refractivity contribution is -0.122. The maximum Gasteiger partial charge on any atom is 0.232 e. The number of nitrogens with one attached hydrogen (secondary N) is 1. The average Bonchev–Trinajstić information content (AvgIpc) is 2.50. The van der Waals surface area contributed by atoms with Gasteiger partial charge in [-0.25, -0.2) is 0 Å². The highest BCUT2D eigenvalue weighted by molar-refractivity contribution is 5.87. The van der Waals surface area contributed by atoms with Gasteiger partial charge >= 0.3 is 0 Å². The van der Waals surface area contributed by atoms with Gasteiger partial charge in [0, 0.05) is 13.2 Å². The minimum atomic E-state index is -0.299. The summed E-state index contributed by atoms with van der Waals surface area (Å²) in [6.45, 7) is 2.44. The van der Waals surface area contributed by atoms with Crippen molar-refractivity contribution in [2.75, 3.05) is 13.7 Å². The molecule has 0 bridgehead atoms. The lowest BCUT2D eigenvalue weighted by Crippen LogP contribution is -2.39. The van der Waals surface area contributed by atoms with E-state index in [1.165, 1.54) is 0 Å². The van der Waals surface area contributed by atoms with Crippen LogP contribution in [0.15, 0.2) is 60.7 Å². The fraction of sp³-hybridized carbons (Fsp3) is 0.278. The zero-order valence-corrected chi connectivity index (χ0v) is 12.5. The summed E-state index contributed by atoms with van der Waals surface area (Å²) in [6.07, 6.45) is 0. The summed E-state index contributed by atoms with van der Waals surface area (Å²) < 4.78 is 5.08. The summed E-state index contributed by atoms with van der Waals surface area (Å²) in [5, 5.41) is 3.01. The number of rotatable bonds is 6. The van der Waals surface area contributed by atoms with Gasteiger partial charge in [-0.2, -0.15) is 0 Å². The molecular formula is C18H21NO2. The van der Waals surface area contributed by atoms with Gasteiger partial charge in [0.2, 0.25) is 5.91 Å². The molecule has 0 radical (unpaired) electrons. The molecule has 1 unspecified atom stereocenters. The van der Waals surface area contributed by atoms with E-state index in [4.69, 9.17) is 4.74 Å². The first-order valence-corrected chi connectivity index (χ1v) is 7.11. The van der Waals surface area contributed by atoms with Gasteiger partial charge in [-0.1, -0.05) is 60.7 Å². The molecule has 0 saturated heterocycles. The number of hydrogen-bond donors (Lipinski definition) is 1. The lowest BCUT2D eigenvalue weighted by atomic mass is 9.90. The lowest BCUT2D eigenvalue weighted by Gasteiger charge is -2.20. The molecular weight excluding hydrogens is 262 g/mol. The summed E-state index contributed by atoms with van der Waals surface area (Å²) >= 11 is 0. The van der Waals surface area contributed by atoms with Crippen LogP contribution >= 0.6 is 0 Å². The molecule has 0 heterocycles. The van der Waals surface area contributed by atoms with Crippen molar-refractivity contribution in [2.24, 2.45) is 0 Å². The molecule has 0 saturated carbocycles. The number of methoxy groups -OCH3 is 1. The largest absolute Gasteiger partial charge is 0.383 e. The Kier molecular flexibility index (Phi) is 5.52. The summed E-state index contributed by atoms with van der Waals surface area (Å²) in [4.78, 5) is 12.7. The molecule has 0 spiro atoms. The van der Waals surface area contributed by atoms with Crippen molar-refractivity contribution in [3.63, 3.8) is 0 Å². The standard InChI is InChI=1S/C18H21NO2/c1-14(13-21-2)19-18(20)17(15-9-5-3-6-10-15)16-11-7-4-8-12-16/h3-12,14,17H,13H2,1-2H3,(H,19,20). The average molecular weight is 283 g/mol. The Labute approximate surface area is 126 Å². The monoisotopic (exact) mass is 283 g/mol. The molecule has 0 aliphatic carbocycles. The summed E-state index contributed by atoms with van der Waals surface area (Å²) in [6, 6.07) is 19.7. The quantitative estimate of drug-likeness (QED) is 0.885. The molecule has 110 valence electrons. The number of carbonyl (C=O) groups is 1. The van der Waals surface area contributed by atoms with Crippen LogP contribution in [0.25, 0.3) is 0 Å². The fourth-order valence-electron chi connectivity index (χ4n) is 2.40. The third kappa shape index (κ3) is 4.17. The van der Waals surface area contributed by atoms with Crippen LogP contribution in [0.2, 0.25) is 0 Å². The van der Waals surface area contributed by atoms with Gasteiger partial charge in [0.05, 0.1) is 12.5 Å². The van der Waals surface area contributed by atoms with Crippen molar-refractivity contribution >= 4 is 5.91 Å². The highest BCUT2D eigenvalue weighted by Gasteiger charge is 2.23. The SMILES string of the molecule is COCC(C)NC(=O)C(c1ccccc1)c1ccccc1. The third-order valence-electron chi connectivity index (χ3n) is 3.33. The molecule has 0 aromatic heterocycles. The first-order chi connectivity index (χ1) is 10.2. The van der Waals surface area contributed by atoms with E-state index in [0.717, 1.165) is 11.1 Å². The van der Waals surface area contributed by atoms with E-state index in [1.807, 2.05) is 67.6 Å². The Balaban J connectivity index is 2.27. The molecule has 0 aliphatic rings. The summed E-state index contributed by atoms with van der Waals surface area (Å²) in [5.74, 6) is -0.302. The smallest absolute Gasteiger partial charge is 0.232 e. The molecule has 3 nitrogen and oxygen atoms in total. The van der Waals surface area contributed by atoms with Crippen molar-refractivity contribution in [3.8, 4) is 0 Å². The molecule has 0 fully saturated rings. The number of benzene rings is 2. The second kappa shape index (κ2) is 7.60. The Bertz CT molecular complexity index is 514.